The lowest BCUT2D eigenvalue weighted by atomic mass is 9.93. The second-order valence-electron chi connectivity index (χ2n) is 10.1. The van der Waals surface area contributed by atoms with Crippen LogP contribution in [0.4, 0.5) is 10.6 Å². The molecule has 4 aromatic rings. The Kier molecular flexibility index (Phi) is 6.32. The van der Waals surface area contributed by atoms with E-state index in [1.54, 1.807) is 9.58 Å². The van der Waals surface area contributed by atoms with Gasteiger partial charge in [0, 0.05) is 19.0 Å². The molecule has 37 heavy (non-hydrogen) atoms. The molecule has 5 rings (SSSR count). The number of amides is 1. The minimum absolute atomic E-state index is 0.137. The summed E-state index contributed by atoms with van der Waals surface area (Å²) in [4.78, 5) is 27.5. The van der Waals surface area contributed by atoms with Gasteiger partial charge in [-0.05, 0) is 70.0 Å². The van der Waals surface area contributed by atoms with Crippen molar-refractivity contribution in [1.29, 1.82) is 0 Å². The van der Waals surface area contributed by atoms with Crippen LogP contribution in [0.3, 0.4) is 0 Å². The minimum atomic E-state index is -0.598. The van der Waals surface area contributed by atoms with Crippen LogP contribution in [-0.2, 0) is 4.74 Å². The van der Waals surface area contributed by atoms with Crippen LogP contribution in [0.1, 0.15) is 45.2 Å². The highest BCUT2D eigenvalue weighted by atomic mass is 16.6. The first-order valence-electron chi connectivity index (χ1n) is 12.3. The average Bonchev–Trinajstić information content (AvgIpc) is 3.29. The molecule has 2 aromatic heterocycles. The highest BCUT2D eigenvalue weighted by Gasteiger charge is 2.33. The average molecular weight is 503 g/mol. The summed E-state index contributed by atoms with van der Waals surface area (Å²) in [5.41, 5.74) is 6.90. The third-order valence-electron chi connectivity index (χ3n) is 6.19. The van der Waals surface area contributed by atoms with E-state index >= 15 is 0 Å². The molecule has 10 heteroatoms. The predicted molar refractivity (Wildman–Crippen MR) is 140 cm³/mol. The lowest BCUT2D eigenvalue weighted by Crippen LogP contribution is -2.42. The molecule has 0 radical (unpaired) electrons. The number of carbonyl (C=O) groups excluding carboxylic acids is 1. The second-order valence-corrected chi connectivity index (χ2v) is 10.1. The highest BCUT2D eigenvalue weighted by Crippen LogP contribution is 2.34. The number of para-hydroxylation sites is 1. The number of H-pyrrole nitrogens is 1. The summed E-state index contributed by atoms with van der Waals surface area (Å²) >= 11 is 0. The summed E-state index contributed by atoms with van der Waals surface area (Å²) in [6.45, 7) is 6.51. The minimum Gasteiger partial charge on any atom is -0.457 e. The van der Waals surface area contributed by atoms with Crippen molar-refractivity contribution in [3.63, 3.8) is 0 Å². The molecule has 1 atom stereocenters. The first kappa shape index (κ1) is 24.4. The number of carbonyl (C=O) groups is 1. The molecule has 0 aliphatic carbocycles. The third kappa shape index (κ3) is 5.13. The van der Waals surface area contributed by atoms with Crippen molar-refractivity contribution in [3.8, 4) is 17.2 Å². The van der Waals surface area contributed by atoms with Gasteiger partial charge in [-0.15, -0.1) is 0 Å². The number of anilines is 1. The number of nitrogens with one attached hydrogen (secondary N) is 1. The Morgan fingerprint density at radius 3 is 2.49 bits per heavy atom. The Morgan fingerprint density at radius 2 is 1.78 bits per heavy atom. The fourth-order valence-corrected chi connectivity index (χ4v) is 4.60. The van der Waals surface area contributed by atoms with Crippen molar-refractivity contribution in [2.45, 2.75) is 45.1 Å². The van der Waals surface area contributed by atoms with E-state index in [0.29, 0.717) is 35.4 Å². The quantitative estimate of drug-likeness (QED) is 0.417. The summed E-state index contributed by atoms with van der Waals surface area (Å²) in [5.74, 6) is 1.38. The van der Waals surface area contributed by atoms with Gasteiger partial charge in [-0.2, -0.15) is 10.2 Å². The summed E-state index contributed by atoms with van der Waals surface area (Å²) in [6.07, 6.45) is 1.17. The maximum atomic E-state index is 12.9. The lowest BCUT2D eigenvalue weighted by Gasteiger charge is -2.34. The zero-order chi connectivity index (χ0) is 26.2. The molecule has 1 aliphatic heterocycles. The number of piperidine rings is 1. The Balaban J connectivity index is 1.53. The summed E-state index contributed by atoms with van der Waals surface area (Å²) < 4.78 is 13.3. The first-order valence-corrected chi connectivity index (χ1v) is 12.3. The van der Waals surface area contributed by atoms with Gasteiger partial charge >= 0.3 is 6.09 Å². The van der Waals surface area contributed by atoms with Crippen LogP contribution < -0.4 is 16.0 Å². The number of benzene rings is 2. The molecule has 3 heterocycles. The van der Waals surface area contributed by atoms with Crippen LogP contribution in [0.2, 0.25) is 0 Å². The van der Waals surface area contributed by atoms with Gasteiger partial charge in [-0.1, -0.05) is 18.2 Å². The van der Waals surface area contributed by atoms with Crippen molar-refractivity contribution in [2.75, 3.05) is 18.8 Å². The standard InChI is InChI=1S/C27H30N6O4/c1-27(2,3)37-26(35)32-15-7-8-17(16-32)23-21-22(24(28)29-30-25(21)34)31-33(23)18-11-13-20(14-12-18)36-19-9-5-4-6-10-19/h4-6,9-14,17H,7-8,15-16H2,1-3H3,(H2,28,29)(H,30,34). The Labute approximate surface area is 214 Å². The van der Waals surface area contributed by atoms with Crippen molar-refractivity contribution >= 4 is 22.8 Å². The number of fused-ring (bicyclic) bond motifs is 1. The van der Waals surface area contributed by atoms with E-state index < -0.39 is 5.60 Å². The van der Waals surface area contributed by atoms with Crippen molar-refractivity contribution in [2.24, 2.45) is 0 Å². The zero-order valence-corrected chi connectivity index (χ0v) is 21.1. The van der Waals surface area contributed by atoms with E-state index in [1.807, 2.05) is 75.4 Å². The number of likely N-dealkylation sites (tertiary alicyclic amines) is 1. The highest BCUT2D eigenvalue weighted by molar-refractivity contribution is 5.89. The van der Waals surface area contributed by atoms with Crippen molar-refractivity contribution in [3.05, 3.63) is 70.6 Å². The number of aromatic amines is 1. The Morgan fingerprint density at radius 1 is 1.08 bits per heavy atom. The molecule has 1 amide bonds. The fourth-order valence-electron chi connectivity index (χ4n) is 4.60. The van der Waals surface area contributed by atoms with E-state index in [2.05, 4.69) is 10.2 Å². The van der Waals surface area contributed by atoms with Crippen LogP contribution >= 0.6 is 0 Å². The molecule has 0 saturated carbocycles. The van der Waals surface area contributed by atoms with E-state index in [0.717, 1.165) is 24.3 Å². The van der Waals surface area contributed by atoms with Gasteiger partial charge in [0.25, 0.3) is 5.56 Å². The second kappa shape index (κ2) is 9.61. The van der Waals surface area contributed by atoms with Gasteiger partial charge in [0.15, 0.2) is 5.82 Å². The molecular formula is C27H30N6O4. The van der Waals surface area contributed by atoms with E-state index in [9.17, 15) is 9.59 Å². The number of aromatic nitrogens is 4. The normalized spacial score (nSPS) is 16.1. The van der Waals surface area contributed by atoms with E-state index in [4.69, 9.17) is 20.3 Å². The maximum absolute atomic E-state index is 12.9. The summed E-state index contributed by atoms with van der Waals surface area (Å²) in [7, 11) is 0. The number of nitrogens with zero attached hydrogens (tertiary/aromatic N) is 4. The van der Waals surface area contributed by atoms with Crippen molar-refractivity contribution in [1.82, 2.24) is 24.9 Å². The smallest absolute Gasteiger partial charge is 0.410 e. The zero-order valence-electron chi connectivity index (χ0n) is 21.1. The number of hydrogen-bond donors (Lipinski definition) is 2. The van der Waals surface area contributed by atoms with Crippen LogP contribution in [0, 0.1) is 0 Å². The predicted octanol–water partition coefficient (Wildman–Crippen LogP) is 4.60. The molecule has 0 bridgehead atoms. The molecular weight excluding hydrogens is 472 g/mol. The van der Waals surface area contributed by atoms with Gasteiger partial charge in [0.2, 0.25) is 0 Å². The third-order valence-corrected chi connectivity index (χ3v) is 6.19. The first-order chi connectivity index (χ1) is 17.7. The molecule has 3 N–H and O–H groups in total. The number of rotatable bonds is 4. The number of ether oxygens (including phenoxy) is 2. The molecule has 0 spiro atoms. The van der Waals surface area contributed by atoms with Crippen LogP contribution in [0.25, 0.3) is 16.6 Å². The Hall–Kier alpha value is -4.34. The fraction of sp³-hybridized carbons (Fsp3) is 0.333. The summed E-state index contributed by atoms with van der Waals surface area (Å²) in [5, 5.41) is 11.5. The molecule has 1 saturated heterocycles. The van der Waals surface area contributed by atoms with Crippen molar-refractivity contribution < 1.29 is 14.3 Å². The molecule has 10 nitrogen and oxygen atoms in total. The monoisotopic (exact) mass is 502 g/mol. The molecule has 1 fully saturated rings. The molecule has 2 aromatic carbocycles. The van der Waals surface area contributed by atoms with Gasteiger partial charge in [0.1, 0.15) is 22.6 Å². The van der Waals surface area contributed by atoms with Gasteiger partial charge < -0.3 is 20.1 Å². The van der Waals surface area contributed by atoms with E-state index in [-0.39, 0.29) is 23.4 Å². The van der Waals surface area contributed by atoms with Crippen LogP contribution in [0.5, 0.6) is 11.5 Å². The number of nitrogens with two attached hydrogens (primary N) is 1. The topological polar surface area (TPSA) is 128 Å². The molecule has 1 unspecified atom stereocenters. The van der Waals surface area contributed by atoms with Crippen LogP contribution in [0.15, 0.2) is 59.4 Å². The van der Waals surface area contributed by atoms with Gasteiger partial charge in [-0.25, -0.2) is 14.6 Å². The summed E-state index contributed by atoms with van der Waals surface area (Å²) in [6, 6.07) is 17.0. The van der Waals surface area contributed by atoms with E-state index in [1.165, 1.54) is 0 Å². The molecule has 1 aliphatic rings. The maximum Gasteiger partial charge on any atom is 0.410 e. The SMILES string of the molecule is CC(C)(C)OC(=O)N1CCCC(c2c3c(=O)[nH]nc(N)c3nn2-c2ccc(Oc3ccccc3)cc2)C1. The van der Waals surface area contributed by atoms with Crippen LogP contribution in [-0.4, -0.2) is 49.7 Å². The van der Waals surface area contributed by atoms with Gasteiger partial charge in [0.05, 0.1) is 16.8 Å². The number of nitrogen functional groups attached to an aromatic ring is 1. The largest absolute Gasteiger partial charge is 0.457 e. The lowest BCUT2D eigenvalue weighted by molar-refractivity contribution is 0.0197. The van der Waals surface area contributed by atoms with Gasteiger partial charge in [-0.3, -0.25) is 4.79 Å². The molecule has 192 valence electrons. The number of hydrogen-bond acceptors (Lipinski definition) is 7. The Bertz CT molecular complexity index is 1470.